The summed E-state index contributed by atoms with van der Waals surface area (Å²) in [5.74, 6) is 2.90. The van der Waals surface area contributed by atoms with E-state index in [0.717, 1.165) is 42.7 Å². The van der Waals surface area contributed by atoms with E-state index in [0.29, 0.717) is 18.6 Å². The normalized spacial score (nSPS) is 18.4. The Balaban J connectivity index is 1.68. The third-order valence-corrected chi connectivity index (χ3v) is 5.02. The van der Waals surface area contributed by atoms with Gasteiger partial charge >= 0.3 is 0 Å². The summed E-state index contributed by atoms with van der Waals surface area (Å²) >= 11 is 5.70. The summed E-state index contributed by atoms with van der Waals surface area (Å²) < 4.78 is 10.9. The SMILES string of the molecule is CC(C)CNC(=S)N(Cc1ccc2c(c1)OCO2)CC1CC=CCC1. The van der Waals surface area contributed by atoms with Crippen LogP contribution in [0, 0.1) is 11.8 Å². The van der Waals surface area contributed by atoms with E-state index in [-0.39, 0.29) is 0 Å². The molecule has 0 amide bonds. The van der Waals surface area contributed by atoms with Crippen LogP contribution in [0.1, 0.15) is 38.7 Å². The summed E-state index contributed by atoms with van der Waals surface area (Å²) in [4.78, 5) is 2.30. The number of hydrogen-bond acceptors (Lipinski definition) is 3. The molecule has 136 valence electrons. The Morgan fingerprint density at radius 3 is 2.88 bits per heavy atom. The van der Waals surface area contributed by atoms with Gasteiger partial charge in [-0.3, -0.25) is 0 Å². The van der Waals surface area contributed by atoms with E-state index < -0.39 is 0 Å². The number of benzene rings is 1. The number of ether oxygens (including phenoxy) is 2. The molecule has 1 N–H and O–H groups in total. The number of nitrogens with one attached hydrogen (secondary N) is 1. The average molecular weight is 361 g/mol. The summed E-state index contributed by atoms with van der Waals surface area (Å²) in [6.07, 6.45) is 8.14. The van der Waals surface area contributed by atoms with Crippen LogP contribution in [0.4, 0.5) is 0 Å². The second-order valence-corrected chi connectivity index (χ2v) is 7.69. The van der Waals surface area contributed by atoms with Crippen LogP contribution in [0.25, 0.3) is 0 Å². The Morgan fingerprint density at radius 1 is 1.28 bits per heavy atom. The Hall–Kier alpha value is -1.75. The zero-order valence-corrected chi connectivity index (χ0v) is 16.0. The highest BCUT2D eigenvalue weighted by molar-refractivity contribution is 7.80. The maximum Gasteiger partial charge on any atom is 0.231 e. The molecule has 0 saturated carbocycles. The van der Waals surface area contributed by atoms with Gasteiger partial charge in [-0.15, -0.1) is 0 Å². The third kappa shape index (κ3) is 5.11. The predicted molar refractivity (Wildman–Crippen MR) is 105 cm³/mol. The third-order valence-electron chi connectivity index (χ3n) is 4.62. The molecule has 1 atom stereocenters. The lowest BCUT2D eigenvalue weighted by Gasteiger charge is -2.31. The fourth-order valence-corrected chi connectivity index (χ4v) is 3.44. The monoisotopic (exact) mass is 360 g/mol. The fourth-order valence-electron chi connectivity index (χ4n) is 3.22. The van der Waals surface area contributed by atoms with E-state index in [1.54, 1.807) is 0 Å². The molecule has 3 rings (SSSR count). The Labute approximate surface area is 156 Å². The van der Waals surface area contributed by atoms with Crippen molar-refractivity contribution in [2.45, 2.75) is 39.7 Å². The molecule has 1 heterocycles. The first-order valence-corrected chi connectivity index (χ1v) is 9.59. The predicted octanol–water partition coefficient (Wildman–Crippen LogP) is 4.10. The zero-order chi connectivity index (χ0) is 17.6. The molecule has 1 aliphatic heterocycles. The van der Waals surface area contributed by atoms with Gasteiger partial charge in [0, 0.05) is 19.6 Å². The largest absolute Gasteiger partial charge is 0.454 e. The van der Waals surface area contributed by atoms with Crippen LogP contribution >= 0.6 is 12.2 Å². The van der Waals surface area contributed by atoms with Crippen LogP contribution in [-0.4, -0.2) is 29.9 Å². The average Bonchev–Trinajstić information content (AvgIpc) is 3.07. The van der Waals surface area contributed by atoms with Crippen LogP contribution < -0.4 is 14.8 Å². The first kappa shape index (κ1) is 18.1. The van der Waals surface area contributed by atoms with Gasteiger partial charge in [-0.2, -0.15) is 0 Å². The van der Waals surface area contributed by atoms with Crippen molar-refractivity contribution in [2.24, 2.45) is 11.8 Å². The molecule has 1 aromatic carbocycles. The minimum Gasteiger partial charge on any atom is -0.454 e. The molecule has 0 aromatic heterocycles. The van der Waals surface area contributed by atoms with Crippen molar-refractivity contribution >= 4 is 17.3 Å². The number of nitrogens with zero attached hydrogens (tertiary/aromatic N) is 1. The minimum atomic E-state index is 0.311. The highest BCUT2D eigenvalue weighted by Gasteiger charge is 2.19. The zero-order valence-electron chi connectivity index (χ0n) is 15.2. The van der Waals surface area contributed by atoms with Crippen molar-refractivity contribution in [2.75, 3.05) is 19.9 Å². The van der Waals surface area contributed by atoms with Crippen LogP contribution in [0.15, 0.2) is 30.4 Å². The van der Waals surface area contributed by atoms with Gasteiger partial charge in [0.1, 0.15) is 0 Å². The number of thiocarbonyl (C=S) groups is 1. The maximum absolute atomic E-state index is 5.70. The molecule has 1 unspecified atom stereocenters. The molecule has 0 fully saturated rings. The summed E-state index contributed by atoms with van der Waals surface area (Å²) in [7, 11) is 0. The summed E-state index contributed by atoms with van der Waals surface area (Å²) in [6, 6.07) is 6.16. The highest BCUT2D eigenvalue weighted by Crippen LogP contribution is 2.33. The van der Waals surface area contributed by atoms with Gasteiger partial charge in [0.2, 0.25) is 6.79 Å². The van der Waals surface area contributed by atoms with Crippen molar-refractivity contribution in [3.8, 4) is 11.5 Å². The van der Waals surface area contributed by atoms with Gasteiger partial charge < -0.3 is 19.7 Å². The van der Waals surface area contributed by atoms with Crippen molar-refractivity contribution in [3.63, 3.8) is 0 Å². The fraction of sp³-hybridized carbons (Fsp3) is 0.550. The van der Waals surface area contributed by atoms with Crippen LogP contribution in [0.3, 0.4) is 0 Å². The molecular weight excluding hydrogens is 332 g/mol. The first-order valence-electron chi connectivity index (χ1n) is 9.18. The molecule has 0 spiro atoms. The lowest BCUT2D eigenvalue weighted by Crippen LogP contribution is -2.43. The second-order valence-electron chi connectivity index (χ2n) is 7.30. The van der Waals surface area contributed by atoms with E-state index in [2.05, 4.69) is 48.3 Å². The summed E-state index contributed by atoms with van der Waals surface area (Å²) in [5.41, 5.74) is 1.20. The first-order chi connectivity index (χ1) is 12.1. The van der Waals surface area contributed by atoms with Crippen molar-refractivity contribution in [1.82, 2.24) is 10.2 Å². The van der Waals surface area contributed by atoms with E-state index in [9.17, 15) is 0 Å². The molecule has 0 saturated heterocycles. The number of allylic oxidation sites excluding steroid dienone is 2. The van der Waals surface area contributed by atoms with Crippen molar-refractivity contribution in [1.29, 1.82) is 0 Å². The summed E-state index contributed by atoms with van der Waals surface area (Å²) in [5, 5.41) is 4.28. The Morgan fingerprint density at radius 2 is 2.12 bits per heavy atom. The van der Waals surface area contributed by atoms with Crippen LogP contribution in [-0.2, 0) is 6.54 Å². The smallest absolute Gasteiger partial charge is 0.231 e. The van der Waals surface area contributed by atoms with Gasteiger partial charge in [-0.25, -0.2) is 0 Å². The maximum atomic E-state index is 5.70. The molecule has 0 bridgehead atoms. The van der Waals surface area contributed by atoms with Crippen LogP contribution in [0.5, 0.6) is 11.5 Å². The summed E-state index contributed by atoms with van der Waals surface area (Å²) in [6.45, 7) is 7.39. The second kappa shape index (κ2) is 8.56. The topological polar surface area (TPSA) is 33.7 Å². The number of hydrogen-bond donors (Lipinski definition) is 1. The van der Waals surface area contributed by atoms with Gasteiger partial charge in [-0.05, 0) is 61.0 Å². The molecule has 5 heteroatoms. The number of rotatable bonds is 6. The lowest BCUT2D eigenvalue weighted by molar-refractivity contribution is 0.174. The van der Waals surface area contributed by atoms with E-state index >= 15 is 0 Å². The highest BCUT2D eigenvalue weighted by atomic mass is 32.1. The Kier molecular flexibility index (Phi) is 6.19. The molecule has 1 aromatic rings. The standard InChI is InChI=1S/C20H28N2O2S/c1-15(2)11-21-20(25)22(12-16-6-4-3-5-7-16)13-17-8-9-18-19(10-17)24-14-23-18/h3-4,8-10,15-16H,5-7,11-14H2,1-2H3,(H,21,25). The molecule has 1 aliphatic carbocycles. The van der Waals surface area contributed by atoms with Gasteiger partial charge in [0.25, 0.3) is 0 Å². The molecule has 2 aliphatic rings. The van der Waals surface area contributed by atoms with Gasteiger partial charge in [0.15, 0.2) is 16.6 Å². The van der Waals surface area contributed by atoms with Crippen molar-refractivity contribution in [3.05, 3.63) is 35.9 Å². The van der Waals surface area contributed by atoms with E-state index in [1.165, 1.54) is 18.4 Å². The molecular formula is C20H28N2O2S. The van der Waals surface area contributed by atoms with Gasteiger partial charge in [0.05, 0.1) is 0 Å². The van der Waals surface area contributed by atoms with Crippen molar-refractivity contribution < 1.29 is 9.47 Å². The number of fused-ring (bicyclic) bond motifs is 1. The van der Waals surface area contributed by atoms with E-state index in [4.69, 9.17) is 21.7 Å². The molecule has 0 radical (unpaired) electrons. The minimum absolute atomic E-state index is 0.311. The lowest BCUT2D eigenvalue weighted by atomic mass is 9.94. The molecule has 4 nitrogen and oxygen atoms in total. The molecule has 25 heavy (non-hydrogen) atoms. The van der Waals surface area contributed by atoms with E-state index in [1.807, 2.05) is 6.07 Å². The quantitative estimate of drug-likeness (QED) is 0.610. The van der Waals surface area contributed by atoms with Gasteiger partial charge in [-0.1, -0.05) is 32.1 Å². The van der Waals surface area contributed by atoms with Crippen LogP contribution in [0.2, 0.25) is 0 Å². The Bertz CT molecular complexity index is 630.